The van der Waals surface area contributed by atoms with Crippen molar-refractivity contribution in [1.29, 1.82) is 0 Å². The number of morpholine rings is 1. The van der Waals surface area contributed by atoms with Crippen LogP contribution < -0.4 is 0 Å². The molecule has 0 unspecified atom stereocenters. The number of benzene rings is 2. The van der Waals surface area contributed by atoms with Gasteiger partial charge >= 0.3 is 0 Å². The predicted octanol–water partition coefficient (Wildman–Crippen LogP) is 15.4. The summed E-state index contributed by atoms with van der Waals surface area (Å²) in [6, 6.07) is 16.4. The fraction of sp³-hybridized carbons (Fsp3) is 0.574. The highest BCUT2D eigenvalue weighted by molar-refractivity contribution is 9.11. The molecule has 2 atom stereocenters. The van der Waals surface area contributed by atoms with Crippen LogP contribution in [0.2, 0.25) is 10.0 Å². The SMILES string of the molecule is C.C.O=C(CCCCCC(=O)N1CCC([C@@H](c2ccc(Br)cn2)c2ccc(Cl)cc2Br)CC1)N1CCCCC1.O=C(CCCCCC(=O)N1CCC([C@H]2c3ncc(Br)cc3CCc3cc(Cl)cc(Br)c32)CC1)N1CCOCC1. The minimum atomic E-state index is 0. The minimum absolute atomic E-state index is 0. The van der Waals surface area contributed by atoms with Crippen LogP contribution in [0.15, 0.2) is 78.8 Å². The number of aromatic nitrogens is 2. The molecule has 17 heteroatoms. The number of unbranched alkanes of at least 4 members (excludes halogenated alkanes) is 4. The van der Waals surface area contributed by atoms with Crippen molar-refractivity contribution in [2.75, 3.05) is 65.6 Å². The van der Waals surface area contributed by atoms with Crippen LogP contribution in [0.25, 0.3) is 0 Å². The van der Waals surface area contributed by atoms with Gasteiger partial charge in [0.05, 0.1) is 18.9 Å². The van der Waals surface area contributed by atoms with Crippen molar-refractivity contribution in [3.8, 4) is 0 Å². The second kappa shape index (κ2) is 32.1. The third-order valence-electron chi connectivity index (χ3n) is 16.1. The van der Waals surface area contributed by atoms with E-state index in [1.54, 1.807) is 0 Å². The molecule has 0 radical (unpaired) electrons. The molecule has 0 N–H and O–H groups in total. The number of hydrogen-bond donors (Lipinski definition) is 0. The lowest BCUT2D eigenvalue weighted by atomic mass is 9.76. The van der Waals surface area contributed by atoms with E-state index in [-0.39, 0.29) is 50.3 Å². The van der Waals surface area contributed by atoms with Gasteiger partial charge in [0, 0.05) is 136 Å². The Balaban J connectivity index is 0.000000246. The standard InChI is InChI=1S/C30H36Br2ClN3O3.C29H36Br2ClN3O2.2CH4/c31-23-16-22-7-6-21-17-24(33)18-25(32)28(21)29(30(22)34-19-23)20-8-10-35(11-9-20)26(37)4-2-1-3-5-27(38)36-12-14-39-15-13-36;30-22-9-12-26(33-20-22)29(24-11-10-23(32)19-25(24)31)21-13-17-35(18-14-21)28(37)8-4-1-3-7-27(36)34-15-5-2-6-16-34;;/h16-20,29H,1-15H2;9-12,19-21,29H,1-8,13-18H2;2*1H4/t2*29-;;/m11../s1. The van der Waals surface area contributed by atoms with Crippen molar-refractivity contribution >= 4 is 111 Å². The fourth-order valence-electron chi connectivity index (χ4n) is 12.0. The highest BCUT2D eigenvalue weighted by Crippen LogP contribution is 2.47. The minimum Gasteiger partial charge on any atom is -0.378 e. The van der Waals surface area contributed by atoms with Crippen molar-refractivity contribution in [2.45, 2.75) is 149 Å². The molecular weight excluding hydrogens is 1290 g/mol. The Morgan fingerprint density at radius 3 is 1.64 bits per heavy atom. The Hall–Kier alpha value is -2.92. The molecule has 0 spiro atoms. The number of halogens is 6. The maximum absolute atomic E-state index is 13.0. The topological polar surface area (TPSA) is 116 Å². The van der Waals surface area contributed by atoms with E-state index in [4.69, 9.17) is 37.9 Å². The number of rotatable bonds is 16. The lowest BCUT2D eigenvalue weighted by molar-refractivity contribution is -0.135. The summed E-state index contributed by atoms with van der Waals surface area (Å²) in [5.74, 6) is 2.08. The van der Waals surface area contributed by atoms with Gasteiger partial charge in [-0.05, 0) is 192 Å². The van der Waals surface area contributed by atoms with E-state index in [0.29, 0.717) is 68.8 Å². The molecule has 426 valence electrons. The number of likely N-dealkylation sites (tertiary alicyclic amines) is 3. The number of carbonyl (C=O) groups is 4. The van der Waals surface area contributed by atoms with Gasteiger partial charge in [-0.1, -0.05) is 88.8 Å². The molecule has 6 heterocycles. The largest absolute Gasteiger partial charge is 0.378 e. The lowest BCUT2D eigenvalue weighted by Crippen LogP contribution is -2.40. The number of piperidine rings is 3. The molecule has 2 aromatic heterocycles. The average Bonchev–Trinajstić information content (AvgIpc) is 3.61. The van der Waals surface area contributed by atoms with Gasteiger partial charge in [0.15, 0.2) is 0 Å². The Morgan fingerprint density at radius 2 is 1.08 bits per heavy atom. The van der Waals surface area contributed by atoms with Gasteiger partial charge in [0.2, 0.25) is 23.6 Å². The summed E-state index contributed by atoms with van der Waals surface area (Å²) in [7, 11) is 0. The molecular formula is C61H80Br4Cl2N6O5. The number of nitrogens with zero attached hydrogens (tertiary/aromatic N) is 6. The lowest BCUT2D eigenvalue weighted by Gasteiger charge is -2.37. The van der Waals surface area contributed by atoms with Crippen LogP contribution in [0.5, 0.6) is 0 Å². The quantitative estimate of drug-likeness (QED) is 0.103. The van der Waals surface area contributed by atoms with E-state index in [1.807, 2.05) is 56.3 Å². The van der Waals surface area contributed by atoms with Gasteiger partial charge in [0.1, 0.15) is 0 Å². The molecule has 4 saturated heterocycles. The molecule has 5 aliphatic rings. The van der Waals surface area contributed by atoms with E-state index in [0.717, 1.165) is 163 Å². The maximum atomic E-state index is 13.0. The number of aryl methyl sites for hydroxylation is 2. The monoisotopic (exact) mass is 1360 g/mol. The van der Waals surface area contributed by atoms with Crippen LogP contribution in [-0.4, -0.2) is 119 Å². The molecule has 11 nitrogen and oxygen atoms in total. The zero-order chi connectivity index (χ0) is 53.6. The summed E-state index contributed by atoms with van der Waals surface area (Å²) < 4.78 is 9.33. The number of amides is 4. The number of carbonyl (C=O) groups excluding carboxylic acids is 4. The van der Waals surface area contributed by atoms with Crippen LogP contribution in [0, 0.1) is 11.8 Å². The van der Waals surface area contributed by atoms with Crippen LogP contribution >= 0.6 is 86.9 Å². The highest BCUT2D eigenvalue weighted by atomic mass is 79.9. The van der Waals surface area contributed by atoms with Crippen LogP contribution in [0.4, 0.5) is 0 Å². The second-order valence-corrected chi connectivity index (χ2v) is 25.6. The molecule has 4 aromatic rings. The predicted molar refractivity (Wildman–Crippen MR) is 329 cm³/mol. The van der Waals surface area contributed by atoms with Crippen LogP contribution in [0.1, 0.15) is 169 Å². The third kappa shape index (κ3) is 17.8. The third-order valence-corrected chi connectivity index (χ3v) is 18.8. The van der Waals surface area contributed by atoms with Gasteiger partial charge in [-0.25, -0.2) is 0 Å². The first-order chi connectivity index (χ1) is 36.8. The molecule has 78 heavy (non-hydrogen) atoms. The van der Waals surface area contributed by atoms with Crippen LogP contribution in [0.3, 0.4) is 0 Å². The van der Waals surface area contributed by atoms with Crippen molar-refractivity contribution in [1.82, 2.24) is 29.6 Å². The zero-order valence-corrected chi connectivity index (χ0v) is 51.4. The second-order valence-electron chi connectivity index (χ2n) is 21.2. The van der Waals surface area contributed by atoms with Crippen molar-refractivity contribution in [3.05, 3.63) is 123 Å². The van der Waals surface area contributed by atoms with Gasteiger partial charge in [-0.2, -0.15) is 0 Å². The smallest absolute Gasteiger partial charge is 0.222 e. The molecule has 4 aliphatic heterocycles. The summed E-state index contributed by atoms with van der Waals surface area (Å²) in [5, 5.41) is 1.46. The normalized spacial score (nSPS) is 18.3. The van der Waals surface area contributed by atoms with Crippen molar-refractivity contribution in [2.24, 2.45) is 11.8 Å². The number of ether oxygens (including phenoxy) is 1. The Morgan fingerprint density at radius 1 is 0.551 bits per heavy atom. The summed E-state index contributed by atoms with van der Waals surface area (Å²) in [4.78, 5) is 68.2. The van der Waals surface area contributed by atoms with E-state index >= 15 is 0 Å². The molecule has 0 saturated carbocycles. The number of hydrogen-bond acceptors (Lipinski definition) is 7. The first-order valence-electron chi connectivity index (χ1n) is 27.7. The van der Waals surface area contributed by atoms with Crippen molar-refractivity contribution in [3.63, 3.8) is 0 Å². The van der Waals surface area contributed by atoms with Crippen molar-refractivity contribution < 1.29 is 23.9 Å². The molecule has 2 aromatic carbocycles. The molecule has 0 bridgehead atoms. The van der Waals surface area contributed by atoms with E-state index in [9.17, 15) is 19.2 Å². The fourth-order valence-corrected chi connectivity index (χ4v) is 14.7. The van der Waals surface area contributed by atoms with Gasteiger partial charge in [-0.3, -0.25) is 29.1 Å². The number of fused-ring (bicyclic) bond motifs is 2. The molecule has 4 amide bonds. The summed E-state index contributed by atoms with van der Waals surface area (Å²) in [5.41, 5.74) is 7.28. The van der Waals surface area contributed by atoms with E-state index in [2.05, 4.69) is 88.0 Å². The average molecular weight is 1370 g/mol. The molecule has 1 aliphatic carbocycles. The Bertz CT molecular complexity index is 2600. The van der Waals surface area contributed by atoms with E-state index in [1.165, 1.54) is 28.7 Å². The zero-order valence-electron chi connectivity index (χ0n) is 43.6. The molecule has 4 fully saturated rings. The van der Waals surface area contributed by atoms with Gasteiger partial charge in [0.25, 0.3) is 0 Å². The first-order valence-corrected chi connectivity index (χ1v) is 31.6. The summed E-state index contributed by atoms with van der Waals surface area (Å²) in [6.07, 6.45) is 20.5. The Kier molecular flexibility index (Phi) is 26.4. The van der Waals surface area contributed by atoms with Crippen LogP contribution in [-0.2, 0) is 36.8 Å². The van der Waals surface area contributed by atoms with Gasteiger partial charge < -0.3 is 24.3 Å². The summed E-state index contributed by atoms with van der Waals surface area (Å²) >= 11 is 27.3. The highest BCUT2D eigenvalue weighted by Gasteiger charge is 2.37. The first kappa shape index (κ1) is 64.3. The molecule has 9 rings (SSSR count). The Labute approximate surface area is 508 Å². The number of pyridine rings is 2. The summed E-state index contributed by atoms with van der Waals surface area (Å²) in [6.45, 7) is 7.61. The van der Waals surface area contributed by atoms with E-state index < -0.39 is 0 Å². The maximum Gasteiger partial charge on any atom is 0.222 e. The van der Waals surface area contributed by atoms with Gasteiger partial charge in [-0.15, -0.1) is 0 Å².